The van der Waals surface area contributed by atoms with Gasteiger partial charge >= 0.3 is 0 Å². The van der Waals surface area contributed by atoms with Gasteiger partial charge in [-0.2, -0.15) is 0 Å². The van der Waals surface area contributed by atoms with Gasteiger partial charge in [-0.25, -0.2) is 0 Å². The van der Waals surface area contributed by atoms with Crippen molar-refractivity contribution >= 4 is 0 Å². The molecule has 0 aromatic rings. The first-order chi connectivity index (χ1) is 8.58. The third kappa shape index (κ3) is 3.05. The molecule has 1 atom stereocenters. The van der Waals surface area contributed by atoms with Crippen molar-refractivity contribution < 1.29 is 0 Å². The highest BCUT2D eigenvalue weighted by Crippen LogP contribution is 2.21. The molecule has 0 radical (unpaired) electrons. The fourth-order valence-corrected chi connectivity index (χ4v) is 2.81. The molecular weight excluding hydrogens is 220 g/mol. The van der Waals surface area contributed by atoms with Crippen LogP contribution in [0.4, 0.5) is 0 Å². The Morgan fingerprint density at radius 2 is 1.94 bits per heavy atom. The normalized spacial score (nSPS) is 26.1. The fraction of sp³-hybridized carbons (Fsp3) is 0.625. The van der Waals surface area contributed by atoms with Crippen molar-refractivity contribution in [3.63, 3.8) is 0 Å². The second kappa shape index (κ2) is 5.75. The Kier molecular flexibility index (Phi) is 4.28. The first-order valence-corrected chi connectivity index (χ1v) is 7.08. The van der Waals surface area contributed by atoms with E-state index in [-0.39, 0.29) is 0 Å². The Labute approximate surface area is 112 Å². The molecule has 1 heterocycles. The molecular formula is C16H26N2. The maximum absolute atomic E-state index is 2.55. The predicted molar refractivity (Wildman–Crippen MR) is 78.4 cm³/mol. The van der Waals surface area contributed by atoms with Crippen molar-refractivity contribution in [1.82, 2.24) is 9.80 Å². The van der Waals surface area contributed by atoms with Gasteiger partial charge in [-0.05, 0) is 32.4 Å². The number of hydrogen-bond donors (Lipinski definition) is 0. The molecule has 0 aromatic carbocycles. The Morgan fingerprint density at radius 3 is 2.67 bits per heavy atom. The highest BCUT2D eigenvalue weighted by Gasteiger charge is 2.26. The van der Waals surface area contributed by atoms with Crippen LogP contribution in [0.25, 0.3) is 0 Å². The van der Waals surface area contributed by atoms with Crippen LogP contribution in [0.5, 0.6) is 0 Å². The molecule has 2 rings (SSSR count). The predicted octanol–water partition coefficient (Wildman–Crippen LogP) is 3.05. The number of allylic oxidation sites excluding steroid dienone is 5. The van der Waals surface area contributed by atoms with E-state index in [1.807, 2.05) is 0 Å². The third-order valence-corrected chi connectivity index (χ3v) is 4.11. The average Bonchev–Trinajstić information content (AvgIpc) is 2.54. The van der Waals surface area contributed by atoms with Crippen LogP contribution < -0.4 is 0 Å². The Balaban J connectivity index is 2.06. The van der Waals surface area contributed by atoms with Crippen LogP contribution in [0.3, 0.4) is 0 Å². The van der Waals surface area contributed by atoms with Crippen LogP contribution >= 0.6 is 0 Å². The van der Waals surface area contributed by atoms with Gasteiger partial charge in [-0.1, -0.05) is 37.6 Å². The summed E-state index contributed by atoms with van der Waals surface area (Å²) in [7, 11) is 2.25. The lowest BCUT2D eigenvalue weighted by atomic mass is 10.00. The second-order valence-corrected chi connectivity index (χ2v) is 5.88. The molecule has 2 aliphatic rings. The molecule has 0 spiro atoms. The summed E-state index contributed by atoms with van der Waals surface area (Å²) in [4.78, 5) is 5.05. The molecule has 0 aromatic heterocycles. The molecule has 18 heavy (non-hydrogen) atoms. The van der Waals surface area contributed by atoms with E-state index in [0.717, 1.165) is 19.5 Å². The molecule has 1 aliphatic carbocycles. The molecule has 1 unspecified atom stereocenters. The van der Waals surface area contributed by atoms with Crippen LogP contribution in [0, 0.1) is 5.92 Å². The highest BCUT2D eigenvalue weighted by atomic mass is 15.3. The van der Waals surface area contributed by atoms with Crippen molar-refractivity contribution in [2.24, 2.45) is 5.92 Å². The van der Waals surface area contributed by atoms with Crippen LogP contribution in [0.15, 0.2) is 35.6 Å². The van der Waals surface area contributed by atoms with Gasteiger partial charge in [0.1, 0.15) is 0 Å². The minimum absolute atomic E-state index is 0.672. The zero-order valence-electron chi connectivity index (χ0n) is 12.2. The zero-order valence-corrected chi connectivity index (χ0v) is 12.2. The molecule has 1 fully saturated rings. The quantitative estimate of drug-likeness (QED) is 0.739. The maximum Gasteiger partial charge on any atom is 0.0337 e. The van der Waals surface area contributed by atoms with Gasteiger partial charge in [0.2, 0.25) is 0 Å². The second-order valence-electron chi connectivity index (χ2n) is 5.88. The number of hydrogen-bond acceptors (Lipinski definition) is 2. The largest absolute Gasteiger partial charge is 0.369 e. The van der Waals surface area contributed by atoms with Crippen molar-refractivity contribution in [2.75, 3.05) is 26.7 Å². The lowest BCUT2D eigenvalue weighted by molar-refractivity contribution is 0.0918. The zero-order chi connectivity index (χ0) is 13.1. The maximum atomic E-state index is 2.55. The van der Waals surface area contributed by atoms with Gasteiger partial charge in [0.15, 0.2) is 0 Å². The smallest absolute Gasteiger partial charge is 0.0337 e. The minimum Gasteiger partial charge on any atom is -0.369 e. The van der Waals surface area contributed by atoms with E-state index in [1.165, 1.54) is 17.8 Å². The van der Waals surface area contributed by atoms with E-state index in [9.17, 15) is 0 Å². The number of piperazine rings is 1. The van der Waals surface area contributed by atoms with Gasteiger partial charge in [0, 0.05) is 31.4 Å². The summed E-state index contributed by atoms with van der Waals surface area (Å²) < 4.78 is 0. The molecule has 0 N–H and O–H groups in total. The van der Waals surface area contributed by atoms with Crippen molar-refractivity contribution in [2.45, 2.75) is 33.2 Å². The number of rotatable bonds is 2. The summed E-state index contributed by atoms with van der Waals surface area (Å²) >= 11 is 0. The Hall–Kier alpha value is -1.02. The fourth-order valence-electron chi connectivity index (χ4n) is 2.81. The molecule has 0 bridgehead atoms. The van der Waals surface area contributed by atoms with Crippen molar-refractivity contribution in [1.29, 1.82) is 0 Å². The van der Waals surface area contributed by atoms with E-state index in [2.05, 4.69) is 61.9 Å². The monoisotopic (exact) mass is 246 g/mol. The van der Waals surface area contributed by atoms with Gasteiger partial charge < -0.3 is 4.90 Å². The first-order valence-electron chi connectivity index (χ1n) is 7.08. The van der Waals surface area contributed by atoms with Crippen molar-refractivity contribution in [3.8, 4) is 0 Å². The molecule has 1 saturated heterocycles. The summed E-state index contributed by atoms with van der Waals surface area (Å²) in [5.41, 5.74) is 2.78. The summed E-state index contributed by atoms with van der Waals surface area (Å²) in [6.45, 7) is 10.3. The molecule has 2 heteroatoms. The lowest BCUT2D eigenvalue weighted by Gasteiger charge is -2.43. The molecule has 2 nitrogen and oxygen atoms in total. The van der Waals surface area contributed by atoms with E-state index < -0.39 is 0 Å². The SMILES string of the molecule is CC1=CCC=C(N2CCN(C)C(C(C)C)C2)C=C1. The average molecular weight is 246 g/mol. The summed E-state index contributed by atoms with van der Waals surface area (Å²) in [5, 5.41) is 0. The topological polar surface area (TPSA) is 6.48 Å². The van der Waals surface area contributed by atoms with Gasteiger partial charge in [0.05, 0.1) is 0 Å². The van der Waals surface area contributed by atoms with E-state index in [1.54, 1.807) is 0 Å². The van der Waals surface area contributed by atoms with Crippen molar-refractivity contribution in [3.05, 3.63) is 35.6 Å². The molecule has 0 amide bonds. The summed E-state index contributed by atoms with van der Waals surface area (Å²) in [6.07, 6.45) is 10.2. The summed E-state index contributed by atoms with van der Waals surface area (Å²) in [6, 6.07) is 0.672. The minimum atomic E-state index is 0.672. The van der Waals surface area contributed by atoms with E-state index in [4.69, 9.17) is 0 Å². The Morgan fingerprint density at radius 1 is 1.17 bits per heavy atom. The van der Waals surface area contributed by atoms with Gasteiger partial charge in [-0.15, -0.1) is 0 Å². The number of nitrogens with zero attached hydrogens (tertiary/aromatic N) is 2. The highest BCUT2D eigenvalue weighted by molar-refractivity contribution is 5.30. The van der Waals surface area contributed by atoms with E-state index in [0.29, 0.717) is 12.0 Å². The van der Waals surface area contributed by atoms with Gasteiger partial charge in [0.25, 0.3) is 0 Å². The first kappa shape index (κ1) is 13.4. The Bertz CT molecular complexity index is 377. The number of likely N-dealkylation sites (N-methyl/N-ethyl adjacent to an activating group) is 1. The molecule has 0 saturated carbocycles. The van der Waals surface area contributed by atoms with Crippen LogP contribution in [0.1, 0.15) is 27.2 Å². The third-order valence-electron chi connectivity index (χ3n) is 4.11. The van der Waals surface area contributed by atoms with Gasteiger partial charge in [-0.3, -0.25) is 4.90 Å². The van der Waals surface area contributed by atoms with Crippen LogP contribution in [-0.4, -0.2) is 42.5 Å². The lowest BCUT2D eigenvalue weighted by Crippen LogP contribution is -2.52. The van der Waals surface area contributed by atoms with Crippen LogP contribution in [0.2, 0.25) is 0 Å². The van der Waals surface area contributed by atoms with E-state index >= 15 is 0 Å². The van der Waals surface area contributed by atoms with Crippen LogP contribution in [-0.2, 0) is 0 Å². The summed E-state index contributed by atoms with van der Waals surface area (Å²) in [5.74, 6) is 0.716. The standard InChI is InChI=1S/C16H26N2/c1-13(2)16-12-18(11-10-17(16)4)15-7-5-6-14(3)8-9-15/h6-9,13,16H,5,10-12H2,1-4H3. The molecule has 100 valence electrons. The molecule has 1 aliphatic heterocycles.